The first-order valence-corrected chi connectivity index (χ1v) is 4.96. The lowest BCUT2D eigenvalue weighted by molar-refractivity contribution is -0.385. The van der Waals surface area contributed by atoms with Crippen LogP contribution in [-0.2, 0) is 10.9 Å². The number of rotatable bonds is 3. The number of nitrogens with zero attached hydrogens (tertiary/aromatic N) is 1. The third-order valence-corrected chi connectivity index (χ3v) is 1.94. The van der Waals surface area contributed by atoms with Gasteiger partial charge in [-0.25, -0.2) is 4.79 Å². The number of carbonyl (C=O) groups excluding carboxylic acids is 1. The predicted molar refractivity (Wildman–Crippen MR) is 55.7 cm³/mol. The molecule has 0 fully saturated rings. The highest BCUT2D eigenvalue weighted by Crippen LogP contribution is 2.36. The maximum Gasteiger partial charge on any atom is 0.514 e. The van der Waals surface area contributed by atoms with Crippen molar-refractivity contribution in [2.24, 2.45) is 0 Å². The molecule has 104 valence electrons. The molecule has 0 unspecified atom stereocenters. The van der Waals surface area contributed by atoms with E-state index in [1.54, 1.807) is 0 Å². The fourth-order valence-corrected chi connectivity index (χ4v) is 1.16. The summed E-state index contributed by atoms with van der Waals surface area (Å²) in [4.78, 5) is 20.5. The molecule has 0 saturated carbocycles. The normalized spacial score (nSPS) is 10.9. The smallest absolute Gasteiger partial charge is 0.434 e. The first kappa shape index (κ1) is 14.7. The molecule has 1 aromatic carbocycles. The van der Waals surface area contributed by atoms with Gasteiger partial charge in [-0.05, 0) is 19.1 Å². The van der Waals surface area contributed by atoms with E-state index in [4.69, 9.17) is 0 Å². The Bertz CT molecular complexity index is 500. The summed E-state index contributed by atoms with van der Waals surface area (Å²) in [5.74, 6) is -0.614. The van der Waals surface area contributed by atoms with E-state index in [9.17, 15) is 28.1 Å². The summed E-state index contributed by atoms with van der Waals surface area (Å²) < 4.78 is 46.0. The summed E-state index contributed by atoms with van der Waals surface area (Å²) in [6.07, 6.45) is -5.96. The van der Waals surface area contributed by atoms with E-state index >= 15 is 0 Å². The first-order chi connectivity index (χ1) is 8.75. The fourth-order valence-electron chi connectivity index (χ4n) is 1.16. The maximum absolute atomic E-state index is 12.4. The lowest BCUT2D eigenvalue weighted by Crippen LogP contribution is -2.12. The molecule has 0 saturated heterocycles. The summed E-state index contributed by atoms with van der Waals surface area (Å²) >= 11 is 0. The van der Waals surface area contributed by atoms with Gasteiger partial charge in [-0.1, -0.05) is 0 Å². The number of nitro benzene ring substituents is 1. The minimum Gasteiger partial charge on any atom is -0.434 e. The second kappa shape index (κ2) is 5.55. The number of benzene rings is 1. The van der Waals surface area contributed by atoms with E-state index in [2.05, 4.69) is 9.47 Å². The van der Waals surface area contributed by atoms with Crippen LogP contribution < -0.4 is 4.74 Å². The standard InChI is InChI=1S/C10H8F3NO5/c1-2-18-9(15)19-8-4-3-6(10(11,12)13)5-7(8)14(16)17/h3-5H,2H2,1H3. The Balaban J connectivity index is 3.12. The summed E-state index contributed by atoms with van der Waals surface area (Å²) in [6, 6.07) is 1.55. The van der Waals surface area contributed by atoms with E-state index in [1.165, 1.54) is 6.92 Å². The van der Waals surface area contributed by atoms with Crippen molar-refractivity contribution in [3.63, 3.8) is 0 Å². The Morgan fingerprint density at radius 1 is 1.42 bits per heavy atom. The molecule has 1 aromatic rings. The molecule has 0 bridgehead atoms. The van der Waals surface area contributed by atoms with Crippen LogP contribution in [0.3, 0.4) is 0 Å². The highest BCUT2D eigenvalue weighted by molar-refractivity contribution is 5.66. The summed E-state index contributed by atoms with van der Waals surface area (Å²) in [5.41, 5.74) is -2.18. The minimum absolute atomic E-state index is 0.0345. The minimum atomic E-state index is -4.73. The van der Waals surface area contributed by atoms with Gasteiger partial charge in [0.05, 0.1) is 17.1 Å². The fraction of sp³-hybridized carbons (Fsp3) is 0.300. The molecule has 9 heteroatoms. The van der Waals surface area contributed by atoms with Gasteiger partial charge >= 0.3 is 18.0 Å². The van der Waals surface area contributed by atoms with Gasteiger partial charge in [0, 0.05) is 6.07 Å². The topological polar surface area (TPSA) is 78.7 Å². The number of carbonyl (C=O) groups is 1. The van der Waals surface area contributed by atoms with Crippen LogP contribution in [0.25, 0.3) is 0 Å². The van der Waals surface area contributed by atoms with Gasteiger partial charge in [-0.3, -0.25) is 10.1 Å². The van der Waals surface area contributed by atoms with Gasteiger partial charge in [-0.2, -0.15) is 13.2 Å². The van der Waals surface area contributed by atoms with Crippen LogP contribution in [0.2, 0.25) is 0 Å². The van der Waals surface area contributed by atoms with Crippen molar-refractivity contribution in [2.45, 2.75) is 13.1 Å². The number of hydrogen-bond acceptors (Lipinski definition) is 5. The molecule has 0 heterocycles. The van der Waals surface area contributed by atoms with Crippen molar-refractivity contribution in [1.29, 1.82) is 0 Å². The molecule has 0 aromatic heterocycles. The van der Waals surface area contributed by atoms with E-state index in [1.807, 2.05) is 0 Å². The third-order valence-electron chi connectivity index (χ3n) is 1.94. The Morgan fingerprint density at radius 2 is 2.05 bits per heavy atom. The van der Waals surface area contributed by atoms with Crippen LogP contribution in [0.5, 0.6) is 5.75 Å². The van der Waals surface area contributed by atoms with Crippen LogP contribution in [0.4, 0.5) is 23.7 Å². The second-order valence-corrected chi connectivity index (χ2v) is 3.22. The number of nitro groups is 1. The van der Waals surface area contributed by atoms with Gasteiger partial charge in [-0.15, -0.1) is 0 Å². The molecule has 0 spiro atoms. The number of ether oxygens (including phenoxy) is 2. The van der Waals surface area contributed by atoms with Crippen LogP contribution in [0.1, 0.15) is 12.5 Å². The highest BCUT2D eigenvalue weighted by Gasteiger charge is 2.33. The molecule has 0 atom stereocenters. The third kappa shape index (κ3) is 3.83. The van der Waals surface area contributed by atoms with Crippen molar-refractivity contribution < 1.29 is 32.4 Å². The largest absolute Gasteiger partial charge is 0.514 e. The average molecular weight is 279 g/mol. The summed E-state index contributed by atoms with van der Waals surface area (Å²) in [6.45, 7) is 1.44. The SMILES string of the molecule is CCOC(=O)Oc1ccc(C(F)(F)F)cc1[N+](=O)[O-]. The van der Waals surface area contributed by atoms with E-state index in [0.29, 0.717) is 12.1 Å². The molecular formula is C10H8F3NO5. The monoisotopic (exact) mass is 279 g/mol. The first-order valence-electron chi connectivity index (χ1n) is 4.96. The van der Waals surface area contributed by atoms with Gasteiger partial charge in [0.1, 0.15) is 0 Å². The second-order valence-electron chi connectivity index (χ2n) is 3.22. The highest BCUT2D eigenvalue weighted by atomic mass is 19.4. The molecule has 0 amide bonds. The van der Waals surface area contributed by atoms with E-state index in [0.717, 1.165) is 0 Å². The van der Waals surface area contributed by atoms with Gasteiger partial charge in [0.2, 0.25) is 5.75 Å². The van der Waals surface area contributed by atoms with Crippen molar-refractivity contribution in [3.05, 3.63) is 33.9 Å². The molecule has 6 nitrogen and oxygen atoms in total. The lowest BCUT2D eigenvalue weighted by atomic mass is 10.2. The number of alkyl halides is 3. The molecule has 0 aliphatic carbocycles. The maximum atomic E-state index is 12.4. The quantitative estimate of drug-likeness (QED) is 0.367. The Morgan fingerprint density at radius 3 is 2.53 bits per heavy atom. The zero-order chi connectivity index (χ0) is 14.6. The number of halogens is 3. The van der Waals surface area contributed by atoms with Gasteiger partial charge in [0.15, 0.2) is 0 Å². The van der Waals surface area contributed by atoms with E-state index in [-0.39, 0.29) is 12.7 Å². The zero-order valence-electron chi connectivity index (χ0n) is 9.56. The summed E-state index contributed by atoms with van der Waals surface area (Å²) in [5, 5.41) is 10.6. The summed E-state index contributed by atoms with van der Waals surface area (Å²) in [7, 11) is 0. The molecular weight excluding hydrogens is 271 g/mol. The Labute approximate surface area is 104 Å². The van der Waals surface area contributed by atoms with Gasteiger partial charge < -0.3 is 9.47 Å². The molecule has 19 heavy (non-hydrogen) atoms. The zero-order valence-corrected chi connectivity index (χ0v) is 9.56. The van der Waals surface area contributed by atoms with Crippen LogP contribution in [0.15, 0.2) is 18.2 Å². The molecule has 0 aliphatic heterocycles. The Hall–Kier alpha value is -2.32. The Kier molecular flexibility index (Phi) is 4.30. The average Bonchev–Trinajstić information content (AvgIpc) is 2.27. The van der Waals surface area contributed by atoms with Crippen molar-refractivity contribution in [3.8, 4) is 5.75 Å². The molecule has 1 rings (SSSR count). The predicted octanol–water partition coefficient (Wildman–Crippen LogP) is 3.15. The number of hydrogen-bond donors (Lipinski definition) is 0. The van der Waals surface area contributed by atoms with Crippen molar-refractivity contribution in [1.82, 2.24) is 0 Å². The van der Waals surface area contributed by atoms with Crippen LogP contribution >= 0.6 is 0 Å². The molecule has 0 aliphatic rings. The van der Waals surface area contributed by atoms with Crippen molar-refractivity contribution in [2.75, 3.05) is 6.61 Å². The lowest BCUT2D eigenvalue weighted by Gasteiger charge is -2.08. The van der Waals surface area contributed by atoms with E-state index < -0.39 is 34.3 Å². The van der Waals surface area contributed by atoms with Crippen LogP contribution in [-0.4, -0.2) is 17.7 Å². The molecule has 0 radical (unpaired) electrons. The van der Waals surface area contributed by atoms with Crippen LogP contribution in [0, 0.1) is 10.1 Å². The van der Waals surface area contributed by atoms with Gasteiger partial charge in [0.25, 0.3) is 0 Å². The molecule has 0 N–H and O–H groups in total. The van der Waals surface area contributed by atoms with Crippen molar-refractivity contribution >= 4 is 11.8 Å².